The molecule has 0 saturated carbocycles. The smallest absolute Gasteiger partial charge is 0.134 e. The van der Waals surface area contributed by atoms with Gasteiger partial charge in [-0.15, -0.1) is 0 Å². The summed E-state index contributed by atoms with van der Waals surface area (Å²) in [6, 6.07) is 12.0. The Hall–Kier alpha value is -1.06. The van der Waals surface area contributed by atoms with Gasteiger partial charge in [-0.1, -0.05) is 28.1 Å². The van der Waals surface area contributed by atoms with Gasteiger partial charge in [0.1, 0.15) is 11.5 Å². The molecule has 0 aliphatic carbocycles. The summed E-state index contributed by atoms with van der Waals surface area (Å²) in [7, 11) is 0. The van der Waals surface area contributed by atoms with E-state index in [4.69, 9.17) is 10.2 Å². The zero-order valence-electron chi connectivity index (χ0n) is 8.24. The normalized spacial score (nSPS) is 10.5. The van der Waals surface area contributed by atoms with Crippen molar-refractivity contribution in [1.82, 2.24) is 0 Å². The fourth-order valence-electron chi connectivity index (χ4n) is 1.42. The Morgan fingerprint density at radius 3 is 2.47 bits per heavy atom. The molecule has 1 heterocycles. The molecule has 2 aromatic rings. The summed E-state index contributed by atoms with van der Waals surface area (Å²) in [4.78, 5) is 0. The fourth-order valence-corrected chi connectivity index (χ4v) is 1.69. The van der Waals surface area contributed by atoms with Crippen molar-refractivity contribution in [3.63, 3.8) is 0 Å². The molecule has 0 radical (unpaired) electrons. The van der Waals surface area contributed by atoms with E-state index in [0.29, 0.717) is 6.54 Å². The first-order chi connectivity index (χ1) is 7.29. The van der Waals surface area contributed by atoms with Gasteiger partial charge in [-0.3, -0.25) is 0 Å². The van der Waals surface area contributed by atoms with Crippen LogP contribution in [-0.4, -0.2) is 6.54 Å². The maximum Gasteiger partial charge on any atom is 0.134 e. The van der Waals surface area contributed by atoms with Gasteiger partial charge in [-0.25, -0.2) is 0 Å². The van der Waals surface area contributed by atoms with Crippen molar-refractivity contribution in [3.8, 4) is 11.3 Å². The Morgan fingerprint density at radius 2 is 1.80 bits per heavy atom. The van der Waals surface area contributed by atoms with E-state index in [1.807, 2.05) is 36.4 Å². The molecule has 0 unspecified atom stereocenters. The van der Waals surface area contributed by atoms with Gasteiger partial charge in [0, 0.05) is 16.5 Å². The Bertz CT molecular complexity index is 433. The Kier molecular flexibility index (Phi) is 3.23. The van der Waals surface area contributed by atoms with Gasteiger partial charge < -0.3 is 10.2 Å². The minimum absolute atomic E-state index is 0.618. The highest BCUT2D eigenvalue weighted by Crippen LogP contribution is 2.23. The van der Waals surface area contributed by atoms with Crippen molar-refractivity contribution in [2.45, 2.75) is 6.42 Å². The summed E-state index contributed by atoms with van der Waals surface area (Å²) in [5.74, 6) is 1.83. The van der Waals surface area contributed by atoms with Gasteiger partial charge in [0.05, 0.1) is 0 Å². The van der Waals surface area contributed by atoms with E-state index in [9.17, 15) is 0 Å². The van der Waals surface area contributed by atoms with Crippen LogP contribution in [0.1, 0.15) is 5.76 Å². The van der Waals surface area contributed by atoms with E-state index in [0.717, 1.165) is 28.0 Å². The molecule has 1 aromatic heterocycles. The minimum Gasteiger partial charge on any atom is -0.461 e. The first kappa shape index (κ1) is 10.5. The monoisotopic (exact) mass is 265 g/mol. The highest BCUT2D eigenvalue weighted by Gasteiger charge is 2.03. The SMILES string of the molecule is NCCc1ccc(-c2ccc(Br)cc2)o1. The summed E-state index contributed by atoms with van der Waals surface area (Å²) >= 11 is 3.40. The molecule has 0 aliphatic rings. The molecule has 15 heavy (non-hydrogen) atoms. The molecule has 78 valence electrons. The molecule has 2 N–H and O–H groups in total. The average molecular weight is 266 g/mol. The lowest BCUT2D eigenvalue weighted by Gasteiger charge is -1.97. The van der Waals surface area contributed by atoms with Crippen LogP contribution >= 0.6 is 15.9 Å². The average Bonchev–Trinajstić information content (AvgIpc) is 2.68. The molecule has 3 heteroatoms. The molecular weight excluding hydrogens is 254 g/mol. The molecule has 2 nitrogen and oxygen atoms in total. The van der Waals surface area contributed by atoms with E-state index in [1.54, 1.807) is 0 Å². The number of benzene rings is 1. The molecule has 0 fully saturated rings. The molecule has 0 aliphatic heterocycles. The molecule has 1 aromatic carbocycles. The highest BCUT2D eigenvalue weighted by molar-refractivity contribution is 9.10. The number of halogens is 1. The van der Waals surface area contributed by atoms with Gasteiger partial charge in [-0.2, -0.15) is 0 Å². The maximum atomic E-state index is 5.65. The Balaban J connectivity index is 2.25. The van der Waals surface area contributed by atoms with Gasteiger partial charge in [0.2, 0.25) is 0 Å². The molecule has 0 amide bonds. The molecular formula is C12H12BrNO. The summed E-state index contributed by atoms with van der Waals surface area (Å²) in [5.41, 5.74) is 6.55. The van der Waals surface area contributed by atoms with Crippen LogP contribution in [0.2, 0.25) is 0 Å². The highest BCUT2D eigenvalue weighted by atomic mass is 79.9. The summed E-state index contributed by atoms with van der Waals surface area (Å²) in [6.45, 7) is 0.618. The molecule has 0 atom stereocenters. The van der Waals surface area contributed by atoms with Crippen molar-refractivity contribution in [1.29, 1.82) is 0 Å². The third-order valence-electron chi connectivity index (χ3n) is 2.18. The van der Waals surface area contributed by atoms with Crippen LogP contribution < -0.4 is 5.73 Å². The lowest BCUT2D eigenvalue weighted by molar-refractivity contribution is 0.523. The largest absolute Gasteiger partial charge is 0.461 e. The second-order valence-electron chi connectivity index (χ2n) is 3.31. The van der Waals surface area contributed by atoms with Gasteiger partial charge >= 0.3 is 0 Å². The Labute approximate surface area is 97.2 Å². The van der Waals surface area contributed by atoms with Crippen LogP contribution in [0.5, 0.6) is 0 Å². The third kappa shape index (κ3) is 2.49. The van der Waals surface area contributed by atoms with Gasteiger partial charge in [-0.05, 0) is 30.8 Å². The predicted octanol–water partition coefficient (Wildman–Crippen LogP) is 3.21. The summed E-state index contributed by atoms with van der Waals surface area (Å²) in [6.07, 6.45) is 0.788. The number of hydrogen-bond acceptors (Lipinski definition) is 2. The van der Waals surface area contributed by atoms with Crippen molar-refractivity contribution < 1.29 is 4.42 Å². The molecule has 0 spiro atoms. The second kappa shape index (κ2) is 4.64. The van der Waals surface area contributed by atoms with E-state index in [2.05, 4.69) is 15.9 Å². The topological polar surface area (TPSA) is 39.2 Å². The summed E-state index contributed by atoms with van der Waals surface area (Å²) < 4.78 is 6.72. The zero-order valence-corrected chi connectivity index (χ0v) is 9.83. The number of hydrogen-bond donors (Lipinski definition) is 1. The van der Waals surface area contributed by atoms with Crippen molar-refractivity contribution in [2.75, 3.05) is 6.54 Å². The number of furan rings is 1. The van der Waals surface area contributed by atoms with Crippen LogP contribution in [0.3, 0.4) is 0 Å². The summed E-state index contributed by atoms with van der Waals surface area (Å²) in [5, 5.41) is 0. The fraction of sp³-hybridized carbons (Fsp3) is 0.167. The third-order valence-corrected chi connectivity index (χ3v) is 2.71. The lowest BCUT2D eigenvalue weighted by atomic mass is 10.2. The minimum atomic E-state index is 0.618. The Morgan fingerprint density at radius 1 is 1.07 bits per heavy atom. The van der Waals surface area contributed by atoms with E-state index >= 15 is 0 Å². The number of nitrogens with two attached hydrogens (primary N) is 1. The molecule has 0 saturated heterocycles. The van der Waals surface area contributed by atoms with E-state index in [1.165, 1.54) is 0 Å². The van der Waals surface area contributed by atoms with Crippen LogP contribution in [0, 0.1) is 0 Å². The maximum absolute atomic E-state index is 5.65. The second-order valence-corrected chi connectivity index (χ2v) is 4.23. The van der Waals surface area contributed by atoms with Gasteiger partial charge in [0.15, 0.2) is 0 Å². The lowest BCUT2D eigenvalue weighted by Crippen LogP contribution is -2.01. The first-order valence-electron chi connectivity index (χ1n) is 4.84. The molecule has 0 bridgehead atoms. The van der Waals surface area contributed by atoms with Crippen molar-refractivity contribution in [3.05, 3.63) is 46.6 Å². The van der Waals surface area contributed by atoms with Crippen LogP contribution in [-0.2, 0) is 6.42 Å². The van der Waals surface area contributed by atoms with Crippen LogP contribution in [0.15, 0.2) is 45.3 Å². The quantitative estimate of drug-likeness (QED) is 0.926. The van der Waals surface area contributed by atoms with Crippen molar-refractivity contribution >= 4 is 15.9 Å². The zero-order chi connectivity index (χ0) is 10.7. The standard InChI is InChI=1S/C12H12BrNO/c13-10-3-1-9(2-4-10)12-6-5-11(15-12)7-8-14/h1-6H,7-8,14H2. The first-order valence-corrected chi connectivity index (χ1v) is 5.63. The number of rotatable bonds is 3. The van der Waals surface area contributed by atoms with Crippen molar-refractivity contribution in [2.24, 2.45) is 5.73 Å². The van der Waals surface area contributed by atoms with E-state index < -0.39 is 0 Å². The van der Waals surface area contributed by atoms with Crippen LogP contribution in [0.4, 0.5) is 0 Å². The van der Waals surface area contributed by atoms with E-state index in [-0.39, 0.29) is 0 Å². The van der Waals surface area contributed by atoms with Crippen LogP contribution in [0.25, 0.3) is 11.3 Å². The molecule has 2 rings (SSSR count). The predicted molar refractivity (Wildman–Crippen MR) is 64.6 cm³/mol. The van der Waals surface area contributed by atoms with Gasteiger partial charge in [0.25, 0.3) is 0 Å².